The number of rotatable bonds is 5. The molecule has 3 rings (SSSR count). The van der Waals surface area contributed by atoms with Gasteiger partial charge in [0.2, 0.25) is 5.88 Å². The van der Waals surface area contributed by atoms with E-state index in [0.29, 0.717) is 37.7 Å². The highest BCUT2D eigenvalue weighted by Gasteiger charge is 2.27. The second-order valence-corrected chi connectivity index (χ2v) is 8.63. The molecule has 31 heavy (non-hydrogen) atoms. The van der Waals surface area contributed by atoms with Gasteiger partial charge in [-0.15, -0.1) is 10.2 Å². The zero-order valence-electron chi connectivity index (χ0n) is 18.8. The minimum Gasteiger partial charge on any atom is -0.473 e. The standard InChI is InChI=1S/C23H30N4O4/c1-16-6-8-18(9-7-16)17(2)26-31-21-11-10-20(24-25-21)29-19-12-14-27(15-13-19)22(28)30-23(3,4)5/h6-11,19H,12-15H2,1-5H3. The molecule has 1 aromatic carbocycles. The molecule has 1 amide bonds. The highest BCUT2D eigenvalue weighted by Crippen LogP contribution is 2.20. The Hall–Kier alpha value is -3.16. The van der Waals surface area contributed by atoms with E-state index in [4.69, 9.17) is 14.3 Å². The van der Waals surface area contributed by atoms with Crippen molar-refractivity contribution >= 4 is 11.8 Å². The van der Waals surface area contributed by atoms with Crippen molar-refractivity contribution in [3.63, 3.8) is 0 Å². The second-order valence-electron chi connectivity index (χ2n) is 8.63. The lowest BCUT2D eigenvalue weighted by molar-refractivity contribution is 0.0122. The molecule has 166 valence electrons. The SMILES string of the molecule is CC(=NOc1ccc(OC2CCN(C(=O)OC(C)(C)C)CC2)nn1)c1ccc(C)cc1. The topological polar surface area (TPSA) is 86.1 Å². The molecule has 2 aromatic rings. The van der Waals surface area contributed by atoms with Crippen molar-refractivity contribution in [2.24, 2.45) is 5.16 Å². The van der Waals surface area contributed by atoms with E-state index in [0.717, 1.165) is 11.3 Å². The lowest BCUT2D eigenvalue weighted by atomic mass is 10.1. The minimum absolute atomic E-state index is 0.0263. The maximum atomic E-state index is 12.1. The van der Waals surface area contributed by atoms with Gasteiger partial charge < -0.3 is 19.2 Å². The number of aryl methyl sites for hydroxylation is 1. The summed E-state index contributed by atoms with van der Waals surface area (Å²) in [5.41, 5.74) is 2.43. The van der Waals surface area contributed by atoms with Crippen LogP contribution in [0.15, 0.2) is 41.6 Å². The first-order chi connectivity index (χ1) is 14.7. The molecular weight excluding hydrogens is 396 g/mol. The van der Waals surface area contributed by atoms with Crippen LogP contribution in [0.5, 0.6) is 11.8 Å². The maximum absolute atomic E-state index is 12.1. The van der Waals surface area contributed by atoms with E-state index in [-0.39, 0.29) is 12.2 Å². The number of likely N-dealkylation sites (tertiary alicyclic amines) is 1. The summed E-state index contributed by atoms with van der Waals surface area (Å²) in [6.07, 6.45) is 1.11. The number of hydrogen-bond acceptors (Lipinski definition) is 7. The summed E-state index contributed by atoms with van der Waals surface area (Å²) in [6, 6.07) is 11.4. The van der Waals surface area contributed by atoms with Gasteiger partial charge in [-0.05, 0) is 40.2 Å². The van der Waals surface area contributed by atoms with E-state index >= 15 is 0 Å². The number of nitrogens with zero attached hydrogens (tertiary/aromatic N) is 4. The lowest BCUT2D eigenvalue weighted by Crippen LogP contribution is -2.44. The smallest absolute Gasteiger partial charge is 0.410 e. The van der Waals surface area contributed by atoms with Crippen LogP contribution in [0.4, 0.5) is 4.79 Å². The van der Waals surface area contributed by atoms with Gasteiger partial charge in [0.1, 0.15) is 11.7 Å². The van der Waals surface area contributed by atoms with Crippen molar-refractivity contribution < 1.29 is 19.1 Å². The Balaban J connectivity index is 1.47. The molecule has 0 N–H and O–H groups in total. The molecule has 2 heterocycles. The summed E-state index contributed by atoms with van der Waals surface area (Å²) in [6.45, 7) is 10.7. The van der Waals surface area contributed by atoms with Gasteiger partial charge in [0.05, 0.1) is 5.71 Å². The fourth-order valence-electron chi connectivity index (χ4n) is 3.04. The van der Waals surface area contributed by atoms with Crippen molar-refractivity contribution in [3.8, 4) is 11.8 Å². The molecular formula is C23H30N4O4. The Kier molecular flexibility index (Phi) is 7.09. The van der Waals surface area contributed by atoms with Gasteiger partial charge in [0.15, 0.2) is 0 Å². The Bertz CT molecular complexity index is 897. The maximum Gasteiger partial charge on any atom is 0.410 e. The van der Waals surface area contributed by atoms with Crippen molar-refractivity contribution in [2.75, 3.05) is 13.1 Å². The molecule has 1 saturated heterocycles. The monoisotopic (exact) mass is 426 g/mol. The van der Waals surface area contributed by atoms with Gasteiger partial charge in [-0.3, -0.25) is 0 Å². The summed E-state index contributed by atoms with van der Waals surface area (Å²) < 4.78 is 11.3. The zero-order valence-corrected chi connectivity index (χ0v) is 18.8. The van der Waals surface area contributed by atoms with Gasteiger partial charge in [-0.25, -0.2) is 4.79 Å². The van der Waals surface area contributed by atoms with E-state index in [9.17, 15) is 4.79 Å². The molecule has 8 nitrogen and oxygen atoms in total. The number of oxime groups is 1. The number of piperidine rings is 1. The quantitative estimate of drug-likeness (QED) is 0.521. The Morgan fingerprint density at radius 3 is 2.23 bits per heavy atom. The minimum atomic E-state index is -0.493. The van der Waals surface area contributed by atoms with Gasteiger partial charge in [0, 0.05) is 38.1 Å². The molecule has 0 atom stereocenters. The van der Waals surface area contributed by atoms with Crippen LogP contribution in [0.1, 0.15) is 51.7 Å². The largest absolute Gasteiger partial charge is 0.473 e. The third kappa shape index (κ3) is 6.94. The fraction of sp³-hybridized carbons (Fsp3) is 0.478. The Morgan fingerprint density at radius 1 is 1.03 bits per heavy atom. The van der Waals surface area contributed by atoms with E-state index in [1.807, 2.05) is 58.9 Å². The van der Waals surface area contributed by atoms with Crippen LogP contribution >= 0.6 is 0 Å². The predicted molar refractivity (Wildman–Crippen MR) is 118 cm³/mol. The molecule has 1 aliphatic heterocycles. The second kappa shape index (κ2) is 9.76. The van der Waals surface area contributed by atoms with Crippen molar-refractivity contribution in [2.45, 2.75) is 59.2 Å². The van der Waals surface area contributed by atoms with Crippen LogP contribution in [-0.4, -0.2) is 51.7 Å². The third-order valence-electron chi connectivity index (χ3n) is 4.74. The molecule has 0 spiro atoms. The van der Waals surface area contributed by atoms with Gasteiger partial charge in [0.25, 0.3) is 5.88 Å². The average molecular weight is 427 g/mol. The number of aromatic nitrogens is 2. The Labute approximate surface area is 183 Å². The number of benzene rings is 1. The summed E-state index contributed by atoms with van der Waals surface area (Å²) in [4.78, 5) is 19.2. The molecule has 0 bridgehead atoms. The number of carbonyl (C=O) groups excluding carboxylic acids is 1. The first-order valence-electron chi connectivity index (χ1n) is 10.5. The van der Waals surface area contributed by atoms with Crippen molar-refractivity contribution in [1.29, 1.82) is 0 Å². The molecule has 0 radical (unpaired) electrons. The van der Waals surface area contributed by atoms with Gasteiger partial charge >= 0.3 is 6.09 Å². The molecule has 1 aliphatic rings. The summed E-state index contributed by atoms with van der Waals surface area (Å²) in [5.74, 6) is 0.709. The van der Waals surface area contributed by atoms with Gasteiger partial charge in [-0.1, -0.05) is 35.0 Å². The van der Waals surface area contributed by atoms with Crippen LogP contribution in [0.2, 0.25) is 0 Å². The number of amides is 1. The molecule has 1 fully saturated rings. The third-order valence-corrected chi connectivity index (χ3v) is 4.74. The number of ether oxygens (including phenoxy) is 2. The predicted octanol–water partition coefficient (Wildman–Crippen LogP) is 4.37. The van der Waals surface area contributed by atoms with Gasteiger partial charge in [-0.2, -0.15) is 0 Å². The lowest BCUT2D eigenvalue weighted by Gasteiger charge is -2.33. The molecule has 8 heteroatoms. The highest BCUT2D eigenvalue weighted by molar-refractivity contribution is 5.98. The normalized spacial score (nSPS) is 15.5. The molecule has 0 unspecified atom stereocenters. The van der Waals surface area contributed by atoms with Crippen LogP contribution < -0.4 is 9.57 Å². The highest BCUT2D eigenvalue weighted by atomic mass is 16.6. The Morgan fingerprint density at radius 2 is 1.65 bits per heavy atom. The van der Waals surface area contributed by atoms with E-state index < -0.39 is 5.60 Å². The van der Waals surface area contributed by atoms with E-state index in [1.54, 1.807) is 17.0 Å². The van der Waals surface area contributed by atoms with Crippen LogP contribution in [0.25, 0.3) is 0 Å². The average Bonchev–Trinajstić information content (AvgIpc) is 2.73. The molecule has 0 aliphatic carbocycles. The molecule has 1 aromatic heterocycles. The summed E-state index contributed by atoms with van der Waals surface area (Å²) >= 11 is 0. The summed E-state index contributed by atoms with van der Waals surface area (Å²) in [5, 5.41) is 12.2. The first kappa shape index (κ1) is 22.5. The fourth-order valence-corrected chi connectivity index (χ4v) is 3.04. The molecule has 0 saturated carbocycles. The van der Waals surface area contributed by atoms with Crippen LogP contribution in [-0.2, 0) is 4.74 Å². The van der Waals surface area contributed by atoms with Crippen LogP contribution in [0.3, 0.4) is 0 Å². The number of carbonyl (C=O) groups is 1. The number of hydrogen-bond donors (Lipinski definition) is 0. The summed E-state index contributed by atoms with van der Waals surface area (Å²) in [7, 11) is 0. The van der Waals surface area contributed by atoms with Crippen molar-refractivity contribution in [1.82, 2.24) is 15.1 Å². The first-order valence-corrected chi connectivity index (χ1v) is 10.5. The van der Waals surface area contributed by atoms with Crippen LogP contribution in [0, 0.1) is 6.92 Å². The van der Waals surface area contributed by atoms with Crippen molar-refractivity contribution in [3.05, 3.63) is 47.5 Å². The van der Waals surface area contributed by atoms with E-state index in [1.165, 1.54) is 5.56 Å². The zero-order chi connectivity index (χ0) is 22.4. The van der Waals surface area contributed by atoms with E-state index in [2.05, 4.69) is 15.4 Å².